The third-order valence-corrected chi connectivity index (χ3v) is 8.77. The molecule has 0 aliphatic carbocycles. The van der Waals surface area contributed by atoms with Gasteiger partial charge in [0.2, 0.25) is 0 Å². The molecular weight excluding hydrogens is 492 g/mol. The molecule has 3 atom stereocenters. The monoisotopic (exact) mass is 516 g/mol. The third kappa shape index (κ3) is 4.10. The SMILES string of the molecule is C=C(C)C(C(=O)O)N1C(=O)C2(C(c3ccccc3)c3ccccc3)N=C(Oc3ccccc3)SSC12. The summed E-state index contributed by atoms with van der Waals surface area (Å²) in [5.41, 5.74) is 0.936. The highest BCUT2D eigenvalue weighted by atomic mass is 33.1. The van der Waals surface area contributed by atoms with E-state index >= 15 is 0 Å². The van der Waals surface area contributed by atoms with Crippen LogP contribution in [0.1, 0.15) is 24.0 Å². The number of nitrogens with zero attached hydrogens (tertiary/aromatic N) is 2. The number of aliphatic carboxylic acids is 1. The van der Waals surface area contributed by atoms with Gasteiger partial charge in [0, 0.05) is 16.7 Å². The highest BCUT2D eigenvalue weighted by Gasteiger charge is 2.70. The van der Waals surface area contributed by atoms with Crippen LogP contribution >= 0.6 is 21.6 Å². The van der Waals surface area contributed by atoms with E-state index in [-0.39, 0.29) is 5.91 Å². The number of carboxylic acid groups (broad SMARTS) is 1. The van der Waals surface area contributed by atoms with Crippen molar-refractivity contribution in [2.24, 2.45) is 4.99 Å². The number of rotatable bonds is 7. The Balaban J connectivity index is 1.68. The van der Waals surface area contributed by atoms with E-state index in [1.165, 1.54) is 26.5 Å². The Morgan fingerprint density at radius 3 is 2.03 bits per heavy atom. The average molecular weight is 517 g/mol. The van der Waals surface area contributed by atoms with Crippen molar-refractivity contribution in [3.63, 3.8) is 0 Å². The summed E-state index contributed by atoms with van der Waals surface area (Å²) < 4.78 is 6.08. The van der Waals surface area contributed by atoms with Gasteiger partial charge in [-0.2, -0.15) is 0 Å². The standard InChI is InChI=1S/C28H24N2O4S2/c1-18(2)23(24(31)32)30-25(33)28(22(19-12-6-3-7-13-19)20-14-8-4-9-15-20)26(30)35-36-27(29-28)34-21-16-10-5-11-17-21/h3-17,22-23,26H,1H2,2H3,(H,31,32). The molecule has 36 heavy (non-hydrogen) atoms. The van der Waals surface area contributed by atoms with Gasteiger partial charge in [-0.25, -0.2) is 9.79 Å². The largest absolute Gasteiger partial charge is 0.479 e. The van der Waals surface area contributed by atoms with Crippen molar-refractivity contribution in [2.45, 2.75) is 29.8 Å². The number of ether oxygens (including phenoxy) is 1. The van der Waals surface area contributed by atoms with E-state index in [1.807, 2.05) is 91.0 Å². The summed E-state index contributed by atoms with van der Waals surface area (Å²) in [6, 6.07) is 27.6. The highest BCUT2D eigenvalue weighted by molar-refractivity contribution is 8.82. The normalized spacial score (nSPS) is 21.7. The number of hydrogen-bond acceptors (Lipinski definition) is 6. The van der Waals surface area contributed by atoms with Crippen molar-refractivity contribution in [2.75, 3.05) is 0 Å². The second-order valence-corrected chi connectivity index (χ2v) is 10.9. The Labute approximate surface area is 217 Å². The van der Waals surface area contributed by atoms with Crippen LogP contribution in [0, 0.1) is 0 Å². The first-order chi connectivity index (χ1) is 17.4. The van der Waals surface area contributed by atoms with Gasteiger partial charge in [0.05, 0.1) is 0 Å². The molecule has 0 bridgehead atoms. The van der Waals surface area contributed by atoms with Crippen molar-refractivity contribution in [3.05, 3.63) is 114 Å². The van der Waals surface area contributed by atoms with E-state index in [9.17, 15) is 14.7 Å². The van der Waals surface area contributed by atoms with E-state index in [0.29, 0.717) is 16.6 Å². The lowest BCUT2D eigenvalue weighted by atomic mass is 9.69. The van der Waals surface area contributed by atoms with Crippen LogP contribution in [0.15, 0.2) is 108 Å². The number of carbonyl (C=O) groups excluding carboxylic acids is 1. The van der Waals surface area contributed by atoms with Gasteiger partial charge in [0.25, 0.3) is 11.1 Å². The Morgan fingerprint density at radius 2 is 1.53 bits per heavy atom. The van der Waals surface area contributed by atoms with Crippen LogP contribution in [-0.2, 0) is 9.59 Å². The van der Waals surface area contributed by atoms with Crippen LogP contribution in [-0.4, -0.2) is 44.1 Å². The van der Waals surface area contributed by atoms with Gasteiger partial charge in [-0.3, -0.25) is 4.79 Å². The van der Waals surface area contributed by atoms with Crippen molar-refractivity contribution in [1.29, 1.82) is 0 Å². The molecule has 182 valence electrons. The minimum atomic E-state index is -1.29. The van der Waals surface area contributed by atoms with Gasteiger partial charge in [0.15, 0.2) is 11.6 Å². The summed E-state index contributed by atoms with van der Waals surface area (Å²) in [4.78, 5) is 32.8. The van der Waals surface area contributed by atoms with Crippen LogP contribution < -0.4 is 4.74 Å². The zero-order valence-electron chi connectivity index (χ0n) is 19.5. The maximum absolute atomic E-state index is 14.2. The van der Waals surface area contributed by atoms with E-state index in [1.54, 1.807) is 6.92 Å². The number of amides is 1. The van der Waals surface area contributed by atoms with Gasteiger partial charge >= 0.3 is 5.97 Å². The molecule has 1 N–H and O–H groups in total. The molecule has 3 unspecified atom stereocenters. The topological polar surface area (TPSA) is 79.2 Å². The minimum absolute atomic E-state index is 0.356. The molecule has 1 fully saturated rings. The lowest BCUT2D eigenvalue weighted by Crippen LogP contribution is -2.77. The molecule has 5 rings (SSSR count). The fourth-order valence-corrected chi connectivity index (χ4v) is 7.51. The van der Waals surface area contributed by atoms with E-state index < -0.39 is 28.8 Å². The molecule has 8 heteroatoms. The molecular formula is C28H24N2O4S2. The van der Waals surface area contributed by atoms with Gasteiger partial charge < -0.3 is 14.7 Å². The Morgan fingerprint density at radius 1 is 1.00 bits per heavy atom. The molecule has 2 aliphatic heterocycles. The van der Waals surface area contributed by atoms with E-state index in [0.717, 1.165) is 11.1 Å². The lowest BCUT2D eigenvalue weighted by Gasteiger charge is -2.58. The number of likely N-dealkylation sites (tertiary alicyclic amines) is 1. The van der Waals surface area contributed by atoms with Crippen molar-refractivity contribution >= 4 is 38.7 Å². The molecule has 3 aromatic rings. The fourth-order valence-electron chi connectivity index (χ4n) is 4.82. The van der Waals surface area contributed by atoms with E-state index in [4.69, 9.17) is 9.73 Å². The van der Waals surface area contributed by atoms with Gasteiger partial charge in [-0.15, -0.1) is 0 Å². The molecule has 6 nitrogen and oxygen atoms in total. The minimum Gasteiger partial charge on any atom is -0.479 e. The number of aliphatic imine (C=N–C) groups is 1. The molecule has 1 saturated heterocycles. The Hall–Kier alpha value is -3.49. The van der Waals surface area contributed by atoms with Crippen LogP contribution in [0.5, 0.6) is 5.75 Å². The average Bonchev–Trinajstić information content (AvgIpc) is 2.89. The Kier molecular flexibility index (Phi) is 6.64. The fraction of sp³-hybridized carbons (Fsp3) is 0.179. The van der Waals surface area contributed by atoms with Crippen LogP contribution in [0.4, 0.5) is 0 Å². The molecule has 0 saturated carbocycles. The molecule has 3 aromatic carbocycles. The smallest absolute Gasteiger partial charge is 0.330 e. The maximum atomic E-state index is 14.2. The third-order valence-electron chi connectivity index (χ3n) is 6.33. The number of fused-ring (bicyclic) bond motifs is 1. The predicted molar refractivity (Wildman–Crippen MR) is 144 cm³/mol. The van der Waals surface area contributed by atoms with Crippen molar-refractivity contribution in [1.82, 2.24) is 4.90 Å². The molecule has 0 spiro atoms. The lowest BCUT2D eigenvalue weighted by molar-refractivity contribution is -0.165. The maximum Gasteiger partial charge on any atom is 0.330 e. The summed E-state index contributed by atoms with van der Waals surface area (Å²) in [6.45, 7) is 5.49. The molecule has 0 aromatic heterocycles. The number of carboxylic acids is 1. The van der Waals surface area contributed by atoms with Crippen LogP contribution in [0.2, 0.25) is 0 Å². The predicted octanol–water partition coefficient (Wildman–Crippen LogP) is 5.58. The second-order valence-electron chi connectivity index (χ2n) is 8.70. The van der Waals surface area contributed by atoms with Gasteiger partial charge in [-0.1, -0.05) is 96.2 Å². The molecule has 0 radical (unpaired) electrons. The first-order valence-electron chi connectivity index (χ1n) is 11.4. The summed E-state index contributed by atoms with van der Waals surface area (Å²) in [5, 5.41) is 9.77. The molecule has 2 aliphatic rings. The van der Waals surface area contributed by atoms with E-state index in [2.05, 4.69) is 6.58 Å². The summed E-state index contributed by atoms with van der Waals surface area (Å²) in [7, 11) is 2.70. The van der Waals surface area contributed by atoms with Crippen molar-refractivity contribution in [3.8, 4) is 5.75 Å². The second kappa shape index (κ2) is 9.87. The zero-order chi connectivity index (χ0) is 25.3. The number of carbonyl (C=O) groups is 2. The van der Waals surface area contributed by atoms with Crippen LogP contribution in [0.3, 0.4) is 0 Å². The first-order valence-corrected chi connectivity index (χ1v) is 13.6. The highest BCUT2D eigenvalue weighted by Crippen LogP contribution is 2.59. The molecule has 1 amide bonds. The quantitative estimate of drug-likeness (QED) is 0.251. The summed E-state index contributed by atoms with van der Waals surface area (Å²) in [6.07, 6.45) is 0. The number of β-lactam (4-membered cyclic amide) rings is 1. The summed E-state index contributed by atoms with van der Waals surface area (Å²) in [5.74, 6) is -1.30. The molecule has 2 heterocycles. The number of hydrogen-bond donors (Lipinski definition) is 1. The van der Waals surface area contributed by atoms with Crippen LogP contribution in [0.25, 0.3) is 0 Å². The van der Waals surface area contributed by atoms with Gasteiger partial charge in [0.1, 0.15) is 11.1 Å². The summed E-state index contributed by atoms with van der Waals surface area (Å²) >= 11 is 0. The number of para-hydroxylation sites is 1. The van der Waals surface area contributed by atoms with Gasteiger partial charge in [-0.05, 0) is 35.8 Å². The zero-order valence-corrected chi connectivity index (χ0v) is 21.1. The Bertz CT molecular complexity index is 1260. The van der Waals surface area contributed by atoms with Crippen molar-refractivity contribution < 1.29 is 19.4 Å². The first kappa shape index (κ1) is 24.2. The number of benzene rings is 3.